The van der Waals surface area contributed by atoms with Gasteiger partial charge in [-0.25, -0.2) is 11.2 Å². The van der Waals surface area contributed by atoms with Crippen LogP contribution in [-0.2, 0) is 35.4 Å². The van der Waals surface area contributed by atoms with E-state index in [1.54, 1.807) is 14.2 Å². The molecule has 4 aromatic rings. The van der Waals surface area contributed by atoms with Crippen LogP contribution in [0.15, 0.2) is 103 Å². The number of hydrogen-bond acceptors (Lipinski definition) is 8. The van der Waals surface area contributed by atoms with Crippen LogP contribution in [-0.4, -0.2) is 86.0 Å². The topological polar surface area (TPSA) is 91.1 Å². The van der Waals surface area contributed by atoms with E-state index >= 15 is 0 Å². The first-order valence-electron chi connectivity index (χ1n) is 23.9. The molecule has 0 aliphatic carbocycles. The smallest absolute Gasteiger partial charge is 0.259 e. The van der Waals surface area contributed by atoms with Crippen molar-refractivity contribution in [1.29, 1.82) is 0 Å². The first-order valence-corrected chi connectivity index (χ1v) is 25.0. The molecule has 1 aliphatic rings. The minimum absolute atomic E-state index is 0.0577. The molecular weight excluding hydrogens is 846 g/mol. The van der Waals surface area contributed by atoms with Crippen molar-refractivity contribution in [2.24, 2.45) is 5.92 Å². The molecule has 0 radical (unpaired) electrons. The maximum Gasteiger partial charge on any atom is 0.259 e. The van der Waals surface area contributed by atoms with Gasteiger partial charge in [-0.2, -0.15) is 0 Å². The van der Waals surface area contributed by atoms with Crippen molar-refractivity contribution in [2.75, 3.05) is 40.5 Å². The van der Waals surface area contributed by atoms with Crippen LogP contribution >= 0.6 is 8.53 Å². The maximum atomic E-state index is 14.5. The zero-order valence-corrected chi connectivity index (χ0v) is 41.8. The van der Waals surface area contributed by atoms with Gasteiger partial charge in [-0.15, -0.1) is 0 Å². The Kier molecular flexibility index (Phi) is 20.7. The number of carbonyl (C=O) groups is 2. The van der Waals surface area contributed by atoms with Gasteiger partial charge in [0, 0.05) is 37.4 Å². The van der Waals surface area contributed by atoms with Crippen molar-refractivity contribution in [3.63, 3.8) is 0 Å². The molecule has 1 fully saturated rings. The Morgan fingerprint density at radius 2 is 1.32 bits per heavy atom. The molecule has 5 rings (SSSR count). The number of carbonyl (C=O) groups excluding carboxylic acids is 2. The van der Waals surface area contributed by atoms with Crippen molar-refractivity contribution in [2.45, 2.75) is 136 Å². The molecule has 1 saturated heterocycles. The molecule has 356 valence electrons. The SMILES string of the molecule is [C-]#[N+]CCOP(O[C@@H]1C[C@@H](COC(c2ccccc2)(c2ccc(OC)cc2)c2ccc(OC)cc2)N(C(=O)CCCCCCC(=O)[C@@H](C)c2ccc(CC(C)C)cc2)C1)N(C(C)C)C(C)C. The fraction of sp³-hybridized carbons (Fsp3) is 0.509. The monoisotopic (exact) mass is 920 g/mol. The summed E-state index contributed by atoms with van der Waals surface area (Å²) in [7, 11) is 1.79. The lowest BCUT2D eigenvalue weighted by Crippen LogP contribution is -2.42. The Labute approximate surface area is 397 Å². The van der Waals surface area contributed by atoms with E-state index < -0.39 is 14.1 Å². The third kappa shape index (κ3) is 14.2. The summed E-state index contributed by atoms with van der Waals surface area (Å²) in [4.78, 5) is 33.1. The van der Waals surface area contributed by atoms with Crippen LogP contribution in [0.4, 0.5) is 0 Å². The van der Waals surface area contributed by atoms with E-state index in [4.69, 9.17) is 29.8 Å². The summed E-state index contributed by atoms with van der Waals surface area (Å²) in [5.74, 6) is 2.25. The van der Waals surface area contributed by atoms with Gasteiger partial charge >= 0.3 is 0 Å². The fourth-order valence-electron chi connectivity index (χ4n) is 9.01. The second kappa shape index (κ2) is 26.1. The molecule has 0 saturated carbocycles. The van der Waals surface area contributed by atoms with Crippen LogP contribution in [0.25, 0.3) is 4.85 Å². The predicted octanol–water partition coefficient (Wildman–Crippen LogP) is 12.2. The van der Waals surface area contributed by atoms with E-state index in [0.717, 1.165) is 65.9 Å². The molecule has 1 heterocycles. The van der Waals surface area contributed by atoms with Gasteiger partial charge in [0.2, 0.25) is 12.5 Å². The van der Waals surface area contributed by atoms with Crippen LogP contribution in [0.5, 0.6) is 11.5 Å². The summed E-state index contributed by atoms with van der Waals surface area (Å²) in [5, 5.41) is 0. The summed E-state index contributed by atoms with van der Waals surface area (Å²) in [6.07, 6.45) is 5.46. The van der Waals surface area contributed by atoms with Crippen LogP contribution in [0, 0.1) is 12.5 Å². The van der Waals surface area contributed by atoms with Crippen LogP contribution < -0.4 is 9.47 Å². The number of hydrogen-bond donors (Lipinski definition) is 0. The first kappa shape index (κ1) is 52.4. The van der Waals surface area contributed by atoms with Crippen LogP contribution in [0.1, 0.15) is 127 Å². The molecule has 1 unspecified atom stereocenters. The minimum Gasteiger partial charge on any atom is -0.497 e. The zero-order valence-electron chi connectivity index (χ0n) is 40.9. The lowest BCUT2D eigenvalue weighted by Gasteiger charge is -2.38. The van der Waals surface area contributed by atoms with E-state index in [2.05, 4.69) is 87.5 Å². The highest BCUT2D eigenvalue weighted by atomic mass is 31.2. The third-order valence-electron chi connectivity index (χ3n) is 12.4. The lowest BCUT2D eigenvalue weighted by atomic mass is 9.80. The Hall–Kier alpha value is -4.62. The number of methoxy groups -OCH3 is 2. The Morgan fingerprint density at radius 3 is 1.85 bits per heavy atom. The highest BCUT2D eigenvalue weighted by molar-refractivity contribution is 7.44. The van der Waals surface area contributed by atoms with Crippen molar-refractivity contribution in [1.82, 2.24) is 9.57 Å². The minimum atomic E-state index is -1.52. The van der Waals surface area contributed by atoms with Gasteiger partial charge in [-0.3, -0.25) is 9.59 Å². The number of ketones is 1. The molecular formula is C55H74N3O7P. The predicted molar refractivity (Wildman–Crippen MR) is 266 cm³/mol. The molecule has 0 bridgehead atoms. The average molecular weight is 920 g/mol. The number of rotatable bonds is 27. The summed E-state index contributed by atoms with van der Waals surface area (Å²) in [6, 6.07) is 34.6. The first-order chi connectivity index (χ1) is 31.8. The number of likely N-dealkylation sites (tertiary alicyclic amines) is 1. The van der Waals surface area contributed by atoms with Crippen molar-refractivity contribution in [3.8, 4) is 11.5 Å². The summed E-state index contributed by atoms with van der Waals surface area (Å²) < 4.78 is 34.0. The number of amides is 1. The van der Waals surface area contributed by atoms with Gasteiger partial charge in [0.05, 0.1) is 33.0 Å². The summed E-state index contributed by atoms with van der Waals surface area (Å²) in [5.41, 5.74) is 4.09. The second-order valence-electron chi connectivity index (χ2n) is 18.4. The Morgan fingerprint density at radius 1 is 0.758 bits per heavy atom. The molecule has 4 aromatic carbocycles. The third-order valence-corrected chi connectivity index (χ3v) is 14.6. The van der Waals surface area contributed by atoms with Gasteiger partial charge in [0.1, 0.15) is 29.5 Å². The molecule has 0 spiro atoms. The maximum absolute atomic E-state index is 14.5. The van der Waals surface area contributed by atoms with Crippen LogP contribution in [0.2, 0.25) is 0 Å². The number of benzene rings is 4. The molecule has 1 aliphatic heterocycles. The standard InChI is InChI=1S/C55H74N3O7P/c1-40(2)36-44-22-24-45(25-23-44)43(7)53(59)20-16-11-12-17-21-54(60)57-38-52(65-66(64-35-34-56-8)58(41(3)4)42(5)6)37-49(57)39-63-55(46-18-14-13-15-19-46,47-26-30-50(61-9)31-27-47)48-28-32-51(62-10)33-29-48/h13-15,18-19,22-33,40-43,49,52H,11-12,16-17,20-21,34-39H2,1-7,9-10H3/t43-,49-,52+,66?/m0/s1. The van der Waals surface area contributed by atoms with E-state index in [1.807, 2.05) is 78.6 Å². The van der Waals surface area contributed by atoms with Crippen molar-refractivity contribution < 1.29 is 32.8 Å². The molecule has 4 atom stereocenters. The van der Waals surface area contributed by atoms with E-state index in [-0.39, 0.29) is 61.6 Å². The molecule has 11 heteroatoms. The quantitative estimate of drug-likeness (QED) is 0.0253. The number of nitrogens with zero attached hydrogens (tertiary/aromatic N) is 3. The molecule has 10 nitrogen and oxygen atoms in total. The number of Topliss-reactive ketones (excluding diaryl/α,β-unsaturated/α-hetero) is 1. The highest BCUT2D eigenvalue weighted by Gasteiger charge is 2.43. The van der Waals surface area contributed by atoms with E-state index in [9.17, 15) is 9.59 Å². The summed E-state index contributed by atoms with van der Waals surface area (Å²) >= 11 is 0. The zero-order chi connectivity index (χ0) is 47.6. The highest BCUT2D eigenvalue weighted by Crippen LogP contribution is 2.49. The summed E-state index contributed by atoms with van der Waals surface area (Å²) in [6.45, 7) is 23.5. The number of ether oxygens (including phenoxy) is 3. The van der Waals surface area contributed by atoms with E-state index in [1.165, 1.54) is 5.56 Å². The second-order valence-corrected chi connectivity index (χ2v) is 19.8. The van der Waals surface area contributed by atoms with Gasteiger partial charge in [0.15, 0.2) is 0 Å². The molecule has 66 heavy (non-hydrogen) atoms. The van der Waals surface area contributed by atoms with Gasteiger partial charge < -0.3 is 33.0 Å². The Bertz CT molecular complexity index is 2050. The molecule has 0 N–H and O–H groups in total. The molecule has 1 amide bonds. The normalized spacial score (nSPS) is 16.2. The van der Waals surface area contributed by atoms with Crippen molar-refractivity contribution in [3.05, 3.63) is 142 Å². The van der Waals surface area contributed by atoms with Crippen LogP contribution in [0.3, 0.4) is 0 Å². The van der Waals surface area contributed by atoms with E-state index in [0.29, 0.717) is 31.7 Å². The molecule has 0 aromatic heterocycles. The van der Waals surface area contributed by atoms with Gasteiger partial charge in [-0.05, 0) is 111 Å². The van der Waals surface area contributed by atoms with Gasteiger partial charge in [-0.1, -0.05) is 112 Å². The van der Waals surface area contributed by atoms with Gasteiger partial charge in [0.25, 0.3) is 8.53 Å². The largest absolute Gasteiger partial charge is 0.497 e. The Balaban J connectivity index is 1.35. The fourth-order valence-corrected chi connectivity index (χ4v) is 10.7. The van der Waals surface area contributed by atoms with Crippen molar-refractivity contribution >= 4 is 20.2 Å². The average Bonchev–Trinajstić information content (AvgIpc) is 3.73. The number of unbranched alkanes of at least 4 members (excludes halogenated alkanes) is 3. The lowest BCUT2D eigenvalue weighted by molar-refractivity contribution is -0.134.